The van der Waals surface area contributed by atoms with Crippen LogP contribution in [0.5, 0.6) is 0 Å². The van der Waals surface area contributed by atoms with Gasteiger partial charge in [-0.3, -0.25) is 0 Å². The van der Waals surface area contributed by atoms with Gasteiger partial charge in [0.05, 0.1) is 13.1 Å². The number of nitrogens with zero attached hydrogens (tertiary/aromatic N) is 6. The zero-order valence-corrected chi connectivity index (χ0v) is 19.8. The van der Waals surface area contributed by atoms with Crippen LogP contribution in [0.4, 0.5) is 8.78 Å². The van der Waals surface area contributed by atoms with Crippen molar-refractivity contribution in [2.45, 2.75) is 26.3 Å². The first-order valence-corrected chi connectivity index (χ1v) is 11.8. The van der Waals surface area contributed by atoms with Crippen molar-refractivity contribution in [3.63, 3.8) is 0 Å². The second-order valence-electron chi connectivity index (χ2n) is 8.67. The Balaban J connectivity index is 1.26. The quantitative estimate of drug-likeness (QED) is 0.287. The van der Waals surface area contributed by atoms with E-state index in [4.69, 9.17) is 14.7 Å². The minimum absolute atomic E-state index is 0.227. The molecule has 7 nitrogen and oxygen atoms in total. The molecule has 0 fully saturated rings. The minimum atomic E-state index is -0.279. The maximum absolute atomic E-state index is 13.4. The van der Waals surface area contributed by atoms with Crippen LogP contribution in [-0.2, 0) is 31.0 Å². The Morgan fingerprint density at radius 3 is 1.46 bits per heavy atom. The maximum atomic E-state index is 13.4. The highest BCUT2D eigenvalue weighted by Crippen LogP contribution is 2.20. The molecule has 0 amide bonds. The molecule has 0 aliphatic rings. The SMILES string of the molecule is Fc1ccc(Cn2c(COCc3nc4cccnc4n3Cc3ccc(F)cc3)nc3cccnc32)cc1. The highest BCUT2D eigenvalue weighted by molar-refractivity contribution is 5.72. The molecule has 2 aromatic carbocycles. The summed E-state index contributed by atoms with van der Waals surface area (Å²) in [4.78, 5) is 18.4. The van der Waals surface area contributed by atoms with Gasteiger partial charge in [-0.1, -0.05) is 24.3 Å². The summed E-state index contributed by atoms with van der Waals surface area (Å²) in [6.07, 6.45) is 3.45. The van der Waals surface area contributed by atoms with Gasteiger partial charge in [-0.25, -0.2) is 28.7 Å². The summed E-state index contributed by atoms with van der Waals surface area (Å²) in [5, 5.41) is 0. The lowest BCUT2D eigenvalue weighted by Gasteiger charge is -2.11. The number of benzene rings is 2. The molecule has 184 valence electrons. The molecular formula is C28H22F2N6O. The molecule has 6 aromatic rings. The van der Waals surface area contributed by atoms with Crippen LogP contribution >= 0.6 is 0 Å². The summed E-state index contributed by atoms with van der Waals surface area (Å²) < 4.78 is 36.9. The highest BCUT2D eigenvalue weighted by atomic mass is 19.1. The third-order valence-corrected chi connectivity index (χ3v) is 6.14. The van der Waals surface area contributed by atoms with Crippen LogP contribution in [0.1, 0.15) is 22.8 Å². The van der Waals surface area contributed by atoms with E-state index in [-0.39, 0.29) is 24.8 Å². The number of rotatable bonds is 8. The zero-order chi connectivity index (χ0) is 25.2. The van der Waals surface area contributed by atoms with Crippen LogP contribution < -0.4 is 0 Å². The Labute approximate surface area is 211 Å². The lowest BCUT2D eigenvalue weighted by atomic mass is 10.2. The van der Waals surface area contributed by atoms with Crippen molar-refractivity contribution < 1.29 is 13.5 Å². The fourth-order valence-corrected chi connectivity index (χ4v) is 4.34. The van der Waals surface area contributed by atoms with Crippen LogP contribution in [0, 0.1) is 11.6 Å². The molecule has 0 saturated carbocycles. The summed E-state index contributed by atoms with van der Waals surface area (Å²) in [6.45, 7) is 1.43. The molecule has 4 aromatic heterocycles. The maximum Gasteiger partial charge on any atom is 0.160 e. The smallest absolute Gasteiger partial charge is 0.160 e. The van der Waals surface area contributed by atoms with Gasteiger partial charge >= 0.3 is 0 Å². The fraction of sp³-hybridized carbons (Fsp3) is 0.143. The largest absolute Gasteiger partial charge is 0.366 e. The van der Waals surface area contributed by atoms with Crippen molar-refractivity contribution in [2.24, 2.45) is 0 Å². The van der Waals surface area contributed by atoms with Crippen LogP contribution in [-0.4, -0.2) is 29.1 Å². The van der Waals surface area contributed by atoms with Crippen LogP contribution in [0.3, 0.4) is 0 Å². The molecular weight excluding hydrogens is 474 g/mol. The second kappa shape index (κ2) is 9.87. The van der Waals surface area contributed by atoms with Crippen molar-refractivity contribution in [2.75, 3.05) is 0 Å². The molecule has 4 heterocycles. The Kier molecular flexibility index (Phi) is 6.11. The van der Waals surface area contributed by atoms with Crippen molar-refractivity contribution in [1.29, 1.82) is 0 Å². The predicted octanol–water partition coefficient (Wildman–Crippen LogP) is 5.27. The van der Waals surface area contributed by atoms with Gasteiger partial charge in [0.2, 0.25) is 0 Å². The molecule has 0 spiro atoms. The topological polar surface area (TPSA) is 70.7 Å². The third kappa shape index (κ3) is 4.81. The molecule has 0 aliphatic carbocycles. The number of ether oxygens (including phenoxy) is 1. The van der Waals surface area contributed by atoms with Crippen molar-refractivity contribution in [3.8, 4) is 0 Å². The molecule has 6 rings (SSSR count). The zero-order valence-electron chi connectivity index (χ0n) is 19.8. The van der Waals surface area contributed by atoms with Gasteiger partial charge in [0.25, 0.3) is 0 Å². The lowest BCUT2D eigenvalue weighted by molar-refractivity contribution is 0.0931. The number of halogens is 2. The monoisotopic (exact) mass is 496 g/mol. The van der Waals surface area contributed by atoms with Gasteiger partial charge in [-0.05, 0) is 59.7 Å². The van der Waals surface area contributed by atoms with Gasteiger partial charge in [0, 0.05) is 12.4 Å². The highest BCUT2D eigenvalue weighted by Gasteiger charge is 2.15. The molecule has 0 atom stereocenters. The number of aromatic nitrogens is 6. The molecule has 37 heavy (non-hydrogen) atoms. The molecule has 0 aliphatic heterocycles. The number of hydrogen-bond acceptors (Lipinski definition) is 5. The van der Waals surface area contributed by atoms with E-state index < -0.39 is 0 Å². The normalized spacial score (nSPS) is 11.5. The molecule has 9 heteroatoms. The molecule has 0 unspecified atom stereocenters. The minimum Gasteiger partial charge on any atom is -0.366 e. The number of pyridine rings is 2. The van der Waals surface area contributed by atoms with E-state index >= 15 is 0 Å². The average molecular weight is 497 g/mol. The van der Waals surface area contributed by atoms with Gasteiger partial charge in [0.1, 0.15) is 47.5 Å². The van der Waals surface area contributed by atoms with E-state index in [0.717, 1.165) is 33.5 Å². The Morgan fingerprint density at radius 2 is 1.03 bits per heavy atom. The van der Waals surface area contributed by atoms with E-state index in [1.54, 1.807) is 36.7 Å². The van der Waals surface area contributed by atoms with Gasteiger partial charge in [-0.15, -0.1) is 0 Å². The van der Waals surface area contributed by atoms with Crippen LogP contribution in [0.25, 0.3) is 22.3 Å². The Hall–Kier alpha value is -4.50. The third-order valence-electron chi connectivity index (χ3n) is 6.14. The fourth-order valence-electron chi connectivity index (χ4n) is 4.34. The Bertz CT molecular complexity index is 1550. The van der Waals surface area contributed by atoms with E-state index in [9.17, 15) is 8.78 Å². The summed E-state index contributed by atoms with van der Waals surface area (Å²) in [6, 6.07) is 20.3. The average Bonchev–Trinajstić information content (AvgIpc) is 3.44. The van der Waals surface area contributed by atoms with Crippen molar-refractivity contribution >= 4 is 22.3 Å². The Morgan fingerprint density at radius 1 is 0.595 bits per heavy atom. The number of fused-ring (bicyclic) bond motifs is 2. The van der Waals surface area contributed by atoms with Gasteiger partial charge < -0.3 is 13.9 Å². The van der Waals surface area contributed by atoms with E-state index in [1.807, 2.05) is 33.4 Å². The van der Waals surface area contributed by atoms with Crippen molar-refractivity contribution in [1.82, 2.24) is 29.1 Å². The lowest BCUT2D eigenvalue weighted by Crippen LogP contribution is -2.10. The first-order valence-electron chi connectivity index (χ1n) is 11.8. The first-order chi connectivity index (χ1) is 18.1. The molecule has 0 N–H and O–H groups in total. The van der Waals surface area contributed by atoms with E-state index in [2.05, 4.69) is 9.97 Å². The molecule has 0 bridgehead atoms. The van der Waals surface area contributed by atoms with Gasteiger partial charge in [0.15, 0.2) is 11.3 Å². The summed E-state index contributed by atoms with van der Waals surface area (Å²) in [5.74, 6) is 0.854. The molecule has 0 saturated heterocycles. The predicted molar refractivity (Wildman–Crippen MR) is 135 cm³/mol. The number of hydrogen-bond donors (Lipinski definition) is 0. The molecule has 0 radical (unpaired) electrons. The van der Waals surface area contributed by atoms with Crippen LogP contribution in [0.15, 0.2) is 85.2 Å². The van der Waals surface area contributed by atoms with E-state index in [0.29, 0.717) is 24.7 Å². The summed E-state index contributed by atoms with van der Waals surface area (Å²) in [7, 11) is 0. The number of imidazole rings is 2. The standard InChI is InChI=1S/C28H22F2N6O/c29-21-9-5-19(6-10-21)15-35-25(33-23-3-1-13-31-27(23)35)17-37-18-26-34-24-4-2-14-32-28(24)36(26)16-20-7-11-22(30)12-8-20/h1-14H,15-18H2. The van der Waals surface area contributed by atoms with E-state index in [1.165, 1.54) is 24.3 Å². The summed E-state index contributed by atoms with van der Waals surface area (Å²) >= 11 is 0. The first kappa shape index (κ1) is 22.9. The second-order valence-corrected chi connectivity index (χ2v) is 8.67. The summed E-state index contributed by atoms with van der Waals surface area (Å²) in [5.41, 5.74) is 4.85. The van der Waals surface area contributed by atoms with Gasteiger partial charge in [-0.2, -0.15) is 0 Å². The van der Waals surface area contributed by atoms with Crippen molar-refractivity contribution in [3.05, 3.63) is 120 Å². The van der Waals surface area contributed by atoms with Crippen LogP contribution in [0.2, 0.25) is 0 Å².